The van der Waals surface area contributed by atoms with Crippen molar-refractivity contribution in [2.24, 2.45) is 0 Å². The van der Waals surface area contributed by atoms with Crippen molar-refractivity contribution in [1.82, 2.24) is 9.55 Å². The Morgan fingerprint density at radius 2 is 2.38 bits per heavy atom. The molecule has 1 aromatic rings. The summed E-state index contributed by atoms with van der Waals surface area (Å²) in [4.78, 5) is 24.7. The molecule has 0 spiro atoms. The average molecular weight is 293 g/mol. The van der Waals surface area contributed by atoms with Gasteiger partial charge in [0.05, 0.1) is 17.7 Å². The fourth-order valence-corrected chi connectivity index (χ4v) is 1.68. The maximum absolute atomic E-state index is 11.5. The lowest BCUT2D eigenvalue weighted by molar-refractivity contribution is -0.0993. The van der Waals surface area contributed by atoms with Crippen LogP contribution in [-0.4, -0.2) is 34.2 Å². The number of nitrogens with one attached hydrogen (secondary N) is 1. The highest BCUT2D eigenvalue weighted by Gasteiger charge is 2.27. The summed E-state index contributed by atoms with van der Waals surface area (Å²) in [6.07, 6.45) is -0.0463. The Balaban J connectivity index is 2.32. The number of hydrogen-bond donors (Lipinski definition) is 2. The molecule has 0 saturated carbocycles. The van der Waals surface area contributed by atoms with E-state index in [-0.39, 0.29) is 17.7 Å². The van der Waals surface area contributed by atoms with Crippen molar-refractivity contribution in [3.63, 3.8) is 0 Å². The molecule has 1 aliphatic heterocycles. The first kappa shape index (κ1) is 11.5. The molecule has 1 fully saturated rings. The van der Waals surface area contributed by atoms with Gasteiger partial charge in [-0.2, -0.15) is 0 Å². The Kier molecular flexibility index (Phi) is 3.24. The normalized spacial score (nSPS) is 24.9. The Hall–Kier alpha value is -0.960. The number of aromatic amines is 1. The van der Waals surface area contributed by atoms with E-state index in [1.165, 1.54) is 10.8 Å². The van der Waals surface area contributed by atoms with Crippen molar-refractivity contribution >= 4 is 15.9 Å². The van der Waals surface area contributed by atoms with Crippen LogP contribution in [0.3, 0.4) is 0 Å². The molecule has 0 aliphatic carbocycles. The van der Waals surface area contributed by atoms with Crippen LogP contribution >= 0.6 is 15.9 Å². The molecule has 1 aliphatic rings. The van der Waals surface area contributed by atoms with Gasteiger partial charge in [-0.1, -0.05) is 0 Å². The smallest absolute Gasteiger partial charge is 0.330 e. The quantitative estimate of drug-likeness (QED) is 0.742. The average Bonchev–Trinajstić information content (AvgIpc) is 2.71. The minimum absolute atomic E-state index is 0.142. The van der Waals surface area contributed by atoms with Gasteiger partial charge in [0.15, 0.2) is 12.5 Å². The first-order chi connectivity index (χ1) is 7.61. The Bertz CT molecular complexity index is 496. The molecule has 1 unspecified atom stereocenters. The topological polar surface area (TPSA) is 93.6 Å². The van der Waals surface area contributed by atoms with Gasteiger partial charge < -0.3 is 14.6 Å². The third kappa shape index (κ3) is 2.09. The monoisotopic (exact) mass is 292 g/mol. The number of hydrogen-bond acceptors (Lipinski definition) is 5. The maximum atomic E-state index is 11.5. The number of nitrogens with zero attached hydrogens (tertiary/aromatic N) is 1. The predicted molar refractivity (Wildman–Crippen MR) is 56.0 cm³/mol. The molecule has 16 heavy (non-hydrogen) atoms. The van der Waals surface area contributed by atoms with Gasteiger partial charge in [-0.25, -0.2) is 4.79 Å². The molecule has 88 valence electrons. The van der Waals surface area contributed by atoms with Crippen LogP contribution in [0.4, 0.5) is 0 Å². The molecule has 0 radical (unpaired) electrons. The second-order valence-corrected chi connectivity index (χ2v) is 4.03. The van der Waals surface area contributed by atoms with Gasteiger partial charge in [0.25, 0.3) is 5.56 Å². The van der Waals surface area contributed by atoms with Crippen molar-refractivity contribution in [3.8, 4) is 0 Å². The van der Waals surface area contributed by atoms with Crippen LogP contribution in [-0.2, 0) is 9.47 Å². The minimum Gasteiger partial charge on any atom is -0.391 e. The van der Waals surface area contributed by atoms with E-state index in [2.05, 4.69) is 20.9 Å². The van der Waals surface area contributed by atoms with E-state index in [0.29, 0.717) is 0 Å². The van der Waals surface area contributed by atoms with Crippen LogP contribution in [0.5, 0.6) is 0 Å². The van der Waals surface area contributed by atoms with Gasteiger partial charge in [0, 0.05) is 6.20 Å². The zero-order valence-corrected chi connectivity index (χ0v) is 9.64. The molecule has 0 bridgehead atoms. The third-order valence-corrected chi connectivity index (χ3v) is 2.68. The van der Waals surface area contributed by atoms with E-state index in [0.717, 1.165) is 0 Å². The van der Waals surface area contributed by atoms with E-state index < -0.39 is 23.8 Å². The molecular weight excluding hydrogens is 284 g/mol. The van der Waals surface area contributed by atoms with Crippen LogP contribution < -0.4 is 11.2 Å². The van der Waals surface area contributed by atoms with Crippen LogP contribution in [0.15, 0.2) is 20.3 Å². The van der Waals surface area contributed by atoms with E-state index in [1.807, 2.05) is 0 Å². The zero-order chi connectivity index (χ0) is 11.7. The van der Waals surface area contributed by atoms with E-state index in [4.69, 9.17) is 14.6 Å². The molecule has 8 heteroatoms. The van der Waals surface area contributed by atoms with Gasteiger partial charge in [-0.05, 0) is 15.9 Å². The highest BCUT2D eigenvalue weighted by Crippen LogP contribution is 2.19. The van der Waals surface area contributed by atoms with Crippen molar-refractivity contribution in [2.75, 3.05) is 13.2 Å². The van der Waals surface area contributed by atoms with Gasteiger partial charge in [0.1, 0.15) is 0 Å². The third-order valence-electron chi connectivity index (χ3n) is 2.12. The zero-order valence-electron chi connectivity index (χ0n) is 8.05. The van der Waals surface area contributed by atoms with Gasteiger partial charge in [-0.15, -0.1) is 0 Å². The standard InChI is InChI=1S/C8H9BrN2O5/c9-4-1-11(8(14)10-7(4)13)5-3-15-6(2-12)16-5/h1,5-6,12H,2-3H2,(H,10,13,14)/t5?,6-/m1/s1. The molecule has 0 amide bonds. The fourth-order valence-electron chi connectivity index (χ4n) is 1.36. The number of H-pyrrole nitrogens is 1. The summed E-state index contributed by atoms with van der Waals surface area (Å²) in [7, 11) is 0. The Labute approximate surface area is 97.7 Å². The van der Waals surface area contributed by atoms with Crippen LogP contribution in [0.2, 0.25) is 0 Å². The number of aromatic nitrogens is 2. The summed E-state index contributed by atoms with van der Waals surface area (Å²) in [5, 5.41) is 8.79. The summed E-state index contributed by atoms with van der Waals surface area (Å²) in [6.45, 7) is -0.139. The highest BCUT2D eigenvalue weighted by atomic mass is 79.9. The Morgan fingerprint density at radius 1 is 1.62 bits per heavy atom. The first-order valence-corrected chi connectivity index (χ1v) is 5.30. The van der Waals surface area contributed by atoms with E-state index in [9.17, 15) is 9.59 Å². The number of aliphatic hydroxyl groups excluding tert-OH is 1. The first-order valence-electron chi connectivity index (χ1n) is 4.50. The Morgan fingerprint density at radius 3 is 3.00 bits per heavy atom. The molecule has 2 heterocycles. The molecule has 2 N–H and O–H groups in total. The maximum Gasteiger partial charge on any atom is 0.330 e. The molecule has 2 rings (SSSR count). The lowest BCUT2D eigenvalue weighted by atomic mass is 10.5. The number of ether oxygens (including phenoxy) is 2. The largest absolute Gasteiger partial charge is 0.391 e. The second kappa shape index (κ2) is 4.50. The van der Waals surface area contributed by atoms with Crippen molar-refractivity contribution < 1.29 is 14.6 Å². The van der Waals surface area contributed by atoms with Crippen LogP contribution in [0, 0.1) is 0 Å². The number of aliphatic hydroxyl groups is 1. The van der Waals surface area contributed by atoms with Gasteiger partial charge in [0.2, 0.25) is 0 Å². The van der Waals surface area contributed by atoms with Gasteiger partial charge >= 0.3 is 5.69 Å². The molecule has 0 aromatic carbocycles. The predicted octanol–water partition coefficient (Wildman–Crippen LogP) is -0.837. The van der Waals surface area contributed by atoms with Crippen molar-refractivity contribution in [3.05, 3.63) is 31.5 Å². The number of rotatable bonds is 2. The summed E-state index contributed by atoms with van der Waals surface area (Å²) in [6, 6.07) is 0. The summed E-state index contributed by atoms with van der Waals surface area (Å²) in [5.74, 6) is 0. The number of halogens is 1. The van der Waals surface area contributed by atoms with Crippen molar-refractivity contribution in [1.29, 1.82) is 0 Å². The molecular formula is C8H9BrN2O5. The van der Waals surface area contributed by atoms with Crippen molar-refractivity contribution in [2.45, 2.75) is 12.5 Å². The van der Waals surface area contributed by atoms with Crippen LogP contribution in [0.25, 0.3) is 0 Å². The lowest BCUT2D eigenvalue weighted by Gasteiger charge is -2.12. The molecule has 1 saturated heterocycles. The second-order valence-electron chi connectivity index (χ2n) is 3.18. The van der Waals surface area contributed by atoms with Crippen LogP contribution in [0.1, 0.15) is 6.23 Å². The van der Waals surface area contributed by atoms with E-state index in [1.54, 1.807) is 0 Å². The summed E-state index contributed by atoms with van der Waals surface area (Å²) in [5.41, 5.74) is -1.08. The lowest BCUT2D eigenvalue weighted by Crippen LogP contribution is -2.33. The molecule has 2 atom stereocenters. The minimum atomic E-state index is -0.734. The summed E-state index contributed by atoms with van der Waals surface area (Å²) < 4.78 is 11.7. The highest BCUT2D eigenvalue weighted by molar-refractivity contribution is 9.10. The van der Waals surface area contributed by atoms with E-state index >= 15 is 0 Å². The molecule has 7 nitrogen and oxygen atoms in total. The summed E-state index contributed by atoms with van der Waals surface area (Å²) >= 11 is 3.01. The SMILES string of the molecule is O=c1[nH]c(=O)n(C2CO[C@@H](CO)O2)cc1Br. The molecule has 1 aromatic heterocycles. The fraction of sp³-hybridized carbons (Fsp3) is 0.500. The van der Waals surface area contributed by atoms with Gasteiger partial charge in [-0.3, -0.25) is 14.3 Å².